The summed E-state index contributed by atoms with van der Waals surface area (Å²) in [5.41, 5.74) is 8.66. The van der Waals surface area contributed by atoms with Gasteiger partial charge in [0.2, 0.25) is 0 Å². The molecule has 1 aromatic rings. The van der Waals surface area contributed by atoms with E-state index < -0.39 is 0 Å². The molecule has 1 aliphatic carbocycles. The molecule has 0 radical (unpaired) electrons. The average molecular weight is 273 g/mol. The molecule has 108 valence electrons. The summed E-state index contributed by atoms with van der Waals surface area (Å²) in [4.78, 5) is 16.1. The van der Waals surface area contributed by atoms with E-state index >= 15 is 0 Å². The molecule has 1 saturated carbocycles. The smallest absolute Gasteiger partial charge is 0.253 e. The van der Waals surface area contributed by atoms with Gasteiger partial charge in [0.1, 0.15) is 0 Å². The normalized spacial score (nSPS) is 24.8. The van der Waals surface area contributed by atoms with Crippen LogP contribution in [0.15, 0.2) is 18.2 Å². The van der Waals surface area contributed by atoms with Gasteiger partial charge in [0.25, 0.3) is 5.91 Å². The molecule has 4 nitrogen and oxygen atoms in total. The van der Waals surface area contributed by atoms with Crippen LogP contribution in [0.5, 0.6) is 0 Å². The van der Waals surface area contributed by atoms with E-state index in [0.717, 1.165) is 41.9 Å². The minimum Gasteiger partial charge on any atom is -0.397 e. The van der Waals surface area contributed by atoms with Gasteiger partial charge in [-0.1, -0.05) is 6.42 Å². The summed E-state index contributed by atoms with van der Waals surface area (Å²) in [5.74, 6) is 1.68. The Morgan fingerprint density at radius 3 is 2.50 bits per heavy atom. The highest BCUT2D eigenvalue weighted by atomic mass is 16.2. The maximum absolute atomic E-state index is 12.1. The van der Waals surface area contributed by atoms with Crippen LogP contribution in [0.25, 0.3) is 0 Å². The average Bonchev–Trinajstić information content (AvgIpc) is 2.99. The van der Waals surface area contributed by atoms with Gasteiger partial charge in [0.15, 0.2) is 0 Å². The van der Waals surface area contributed by atoms with Crippen LogP contribution >= 0.6 is 0 Å². The number of rotatable bonds is 2. The van der Waals surface area contributed by atoms with E-state index in [0.29, 0.717) is 0 Å². The van der Waals surface area contributed by atoms with Crippen LogP contribution in [0.4, 0.5) is 11.4 Å². The lowest BCUT2D eigenvalue weighted by Crippen LogP contribution is -2.24. The highest BCUT2D eigenvalue weighted by Crippen LogP contribution is 2.41. The Labute approximate surface area is 120 Å². The highest BCUT2D eigenvalue weighted by molar-refractivity contribution is 5.96. The highest BCUT2D eigenvalue weighted by Gasteiger charge is 2.36. The van der Waals surface area contributed by atoms with Crippen molar-refractivity contribution in [1.82, 2.24) is 4.90 Å². The molecule has 1 aliphatic heterocycles. The van der Waals surface area contributed by atoms with Crippen molar-refractivity contribution < 1.29 is 4.79 Å². The number of nitrogen functional groups attached to an aromatic ring is 1. The lowest BCUT2D eigenvalue weighted by Gasteiger charge is -2.22. The number of nitrogens with two attached hydrogens (primary N) is 1. The number of nitrogens with zero attached hydrogens (tertiary/aromatic N) is 2. The Morgan fingerprint density at radius 1 is 1.25 bits per heavy atom. The zero-order valence-corrected chi connectivity index (χ0v) is 12.3. The molecule has 20 heavy (non-hydrogen) atoms. The van der Waals surface area contributed by atoms with Gasteiger partial charge < -0.3 is 15.5 Å². The first kappa shape index (κ1) is 13.3. The summed E-state index contributed by atoms with van der Waals surface area (Å²) < 4.78 is 0. The van der Waals surface area contributed by atoms with Crippen molar-refractivity contribution in [2.24, 2.45) is 11.8 Å². The van der Waals surface area contributed by atoms with E-state index in [2.05, 4.69) is 4.90 Å². The first-order valence-electron chi connectivity index (χ1n) is 7.42. The van der Waals surface area contributed by atoms with Crippen molar-refractivity contribution in [3.63, 3.8) is 0 Å². The molecule has 2 aliphatic rings. The van der Waals surface area contributed by atoms with E-state index in [-0.39, 0.29) is 5.91 Å². The minimum absolute atomic E-state index is 0.0330. The number of carbonyl (C=O) groups is 1. The van der Waals surface area contributed by atoms with Crippen molar-refractivity contribution in [1.29, 1.82) is 0 Å². The maximum atomic E-state index is 12.1. The Kier molecular flexibility index (Phi) is 3.32. The molecular weight excluding hydrogens is 250 g/mol. The number of benzene rings is 1. The summed E-state index contributed by atoms with van der Waals surface area (Å²) in [6, 6.07) is 5.64. The first-order chi connectivity index (χ1) is 9.56. The van der Waals surface area contributed by atoms with Gasteiger partial charge in [0.05, 0.1) is 11.4 Å². The number of fused-ring (bicyclic) bond motifs is 1. The van der Waals surface area contributed by atoms with Crippen molar-refractivity contribution in [2.45, 2.75) is 19.3 Å². The molecule has 2 fully saturated rings. The number of amides is 1. The third kappa shape index (κ3) is 2.23. The summed E-state index contributed by atoms with van der Waals surface area (Å²) in [7, 11) is 3.55. The largest absolute Gasteiger partial charge is 0.397 e. The van der Waals surface area contributed by atoms with Gasteiger partial charge in [-0.25, -0.2) is 0 Å². The van der Waals surface area contributed by atoms with E-state index in [9.17, 15) is 4.79 Å². The van der Waals surface area contributed by atoms with Crippen LogP contribution in [-0.4, -0.2) is 38.0 Å². The van der Waals surface area contributed by atoms with Crippen molar-refractivity contribution in [2.75, 3.05) is 37.8 Å². The molecule has 0 aromatic heterocycles. The summed E-state index contributed by atoms with van der Waals surface area (Å²) in [6.07, 6.45) is 4.06. The molecule has 4 heteroatoms. The molecule has 1 aromatic carbocycles. The fraction of sp³-hybridized carbons (Fsp3) is 0.562. The van der Waals surface area contributed by atoms with E-state index in [4.69, 9.17) is 5.73 Å². The van der Waals surface area contributed by atoms with Gasteiger partial charge >= 0.3 is 0 Å². The Morgan fingerprint density at radius 2 is 1.90 bits per heavy atom. The molecule has 2 N–H and O–H groups in total. The quantitative estimate of drug-likeness (QED) is 0.840. The topological polar surface area (TPSA) is 49.6 Å². The Bertz CT molecular complexity index is 514. The Balaban J connectivity index is 1.86. The van der Waals surface area contributed by atoms with E-state index in [1.165, 1.54) is 19.3 Å². The van der Waals surface area contributed by atoms with Gasteiger partial charge in [-0.3, -0.25) is 4.79 Å². The number of carbonyl (C=O) groups excluding carboxylic acids is 1. The van der Waals surface area contributed by atoms with Crippen molar-refractivity contribution in [3.8, 4) is 0 Å². The zero-order chi connectivity index (χ0) is 14.3. The second-order valence-electron chi connectivity index (χ2n) is 6.33. The molecule has 1 amide bonds. The fourth-order valence-corrected chi connectivity index (χ4v) is 3.64. The Hall–Kier alpha value is -1.71. The molecule has 1 heterocycles. The summed E-state index contributed by atoms with van der Waals surface area (Å²) in [5, 5.41) is 0. The maximum Gasteiger partial charge on any atom is 0.253 e. The van der Waals surface area contributed by atoms with Gasteiger partial charge in [-0.2, -0.15) is 0 Å². The molecule has 0 spiro atoms. The van der Waals surface area contributed by atoms with Crippen LogP contribution < -0.4 is 10.6 Å². The van der Waals surface area contributed by atoms with Gasteiger partial charge in [-0.05, 0) is 42.9 Å². The molecule has 1 saturated heterocycles. The van der Waals surface area contributed by atoms with E-state index in [1.807, 2.05) is 18.2 Å². The van der Waals surface area contributed by atoms with Crippen molar-refractivity contribution >= 4 is 17.3 Å². The predicted octanol–water partition coefficient (Wildman–Crippen LogP) is 2.21. The minimum atomic E-state index is 0.0330. The first-order valence-corrected chi connectivity index (χ1v) is 7.42. The summed E-state index contributed by atoms with van der Waals surface area (Å²) in [6.45, 7) is 2.18. The fourth-order valence-electron chi connectivity index (χ4n) is 3.64. The predicted molar refractivity (Wildman–Crippen MR) is 81.9 cm³/mol. The van der Waals surface area contributed by atoms with Crippen LogP contribution in [-0.2, 0) is 0 Å². The van der Waals surface area contributed by atoms with Crippen LogP contribution in [0.1, 0.15) is 29.6 Å². The van der Waals surface area contributed by atoms with Gasteiger partial charge in [0, 0.05) is 32.7 Å². The lowest BCUT2D eigenvalue weighted by atomic mass is 10.0. The molecule has 0 bridgehead atoms. The number of hydrogen-bond acceptors (Lipinski definition) is 3. The van der Waals surface area contributed by atoms with Crippen molar-refractivity contribution in [3.05, 3.63) is 23.8 Å². The standard InChI is InChI=1S/C16H23N3O/c1-18(2)16(20)11-6-7-14(17)15(8-11)19-9-12-4-3-5-13(12)10-19/h6-8,12-13H,3-5,9-10,17H2,1-2H3. The molecule has 3 rings (SSSR count). The lowest BCUT2D eigenvalue weighted by molar-refractivity contribution is 0.0827. The SMILES string of the molecule is CN(C)C(=O)c1ccc(N)c(N2CC3CCCC3C2)c1. The third-order valence-electron chi connectivity index (χ3n) is 4.75. The second kappa shape index (κ2) is 5.00. The summed E-state index contributed by atoms with van der Waals surface area (Å²) >= 11 is 0. The van der Waals surface area contributed by atoms with Gasteiger partial charge in [-0.15, -0.1) is 0 Å². The zero-order valence-electron chi connectivity index (χ0n) is 12.3. The van der Waals surface area contributed by atoms with Crippen LogP contribution in [0.3, 0.4) is 0 Å². The third-order valence-corrected chi connectivity index (χ3v) is 4.75. The van der Waals surface area contributed by atoms with Crippen LogP contribution in [0, 0.1) is 11.8 Å². The molecule has 2 unspecified atom stereocenters. The molecule has 2 atom stereocenters. The second-order valence-corrected chi connectivity index (χ2v) is 6.33. The van der Waals surface area contributed by atoms with Crippen LogP contribution in [0.2, 0.25) is 0 Å². The number of hydrogen-bond donors (Lipinski definition) is 1. The van der Waals surface area contributed by atoms with E-state index in [1.54, 1.807) is 19.0 Å². The number of anilines is 2. The molecular formula is C16H23N3O. The monoisotopic (exact) mass is 273 g/mol.